The van der Waals surface area contributed by atoms with Crippen LogP contribution in [0.1, 0.15) is 39.2 Å². The summed E-state index contributed by atoms with van der Waals surface area (Å²) in [5, 5.41) is 12.3. The lowest BCUT2D eigenvalue weighted by Crippen LogP contribution is -2.24. The molecular weight excluding hydrogens is 356 g/mol. The van der Waals surface area contributed by atoms with Crippen molar-refractivity contribution in [2.24, 2.45) is 0 Å². The van der Waals surface area contributed by atoms with Crippen molar-refractivity contribution in [3.8, 4) is 5.75 Å². The van der Waals surface area contributed by atoms with Gasteiger partial charge in [0, 0.05) is 13.2 Å². The molecular formula is C18H20N2O5S. The molecule has 7 nitrogen and oxygen atoms in total. The van der Waals surface area contributed by atoms with Crippen molar-refractivity contribution in [1.82, 2.24) is 10.3 Å². The Morgan fingerprint density at radius 2 is 2.15 bits per heavy atom. The van der Waals surface area contributed by atoms with Gasteiger partial charge in [-0.1, -0.05) is 12.1 Å². The SMILES string of the molecule is O=C(O)COc1ccc(CCNC(=O)c2cnc(C3CCCO3)s2)cc1. The number of amides is 1. The van der Waals surface area contributed by atoms with Gasteiger partial charge in [-0.05, 0) is 37.0 Å². The van der Waals surface area contributed by atoms with Gasteiger partial charge in [0.25, 0.3) is 5.91 Å². The fourth-order valence-corrected chi connectivity index (χ4v) is 3.54. The molecule has 1 aromatic heterocycles. The summed E-state index contributed by atoms with van der Waals surface area (Å²) in [7, 11) is 0. The van der Waals surface area contributed by atoms with Crippen molar-refractivity contribution < 1.29 is 24.2 Å². The van der Waals surface area contributed by atoms with Crippen molar-refractivity contribution in [2.75, 3.05) is 19.8 Å². The van der Waals surface area contributed by atoms with Gasteiger partial charge in [0.15, 0.2) is 6.61 Å². The Kier molecular flexibility index (Phi) is 6.19. The molecule has 1 saturated heterocycles. The number of carbonyl (C=O) groups is 2. The highest BCUT2D eigenvalue weighted by Gasteiger charge is 2.22. The first-order valence-corrected chi connectivity index (χ1v) is 9.22. The van der Waals surface area contributed by atoms with Crippen LogP contribution in [0, 0.1) is 0 Å². The van der Waals surface area contributed by atoms with E-state index in [1.807, 2.05) is 12.1 Å². The molecule has 3 rings (SSSR count). The quantitative estimate of drug-likeness (QED) is 0.734. The van der Waals surface area contributed by atoms with Crippen LogP contribution in [-0.4, -0.2) is 41.7 Å². The maximum atomic E-state index is 12.2. The minimum atomic E-state index is -1.01. The molecule has 0 bridgehead atoms. The largest absolute Gasteiger partial charge is 0.482 e. The Labute approximate surface area is 155 Å². The summed E-state index contributed by atoms with van der Waals surface area (Å²) in [6, 6.07) is 7.14. The number of carboxylic acid groups (broad SMARTS) is 1. The second kappa shape index (κ2) is 8.77. The Balaban J connectivity index is 1.44. The van der Waals surface area contributed by atoms with Crippen LogP contribution >= 0.6 is 11.3 Å². The molecule has 0 aliphatic carbocycles. The standard InChI is InChI=1S/C18H20N2O5S/c21-16(22)11-25-13-5-3-12(4-6-13)7-8-19-17(23)15-10-20-18(26-15)14-2-1-9-24-14/h3-6,10,14H,1-2,7-9,11H2,(H,19,23)(H,21,22). The molecule has 26 heavy (non-hydrogen) atoms. The number of aliphatic carboxylic acids is 1. The third kappa shape index (κ3) is 5.03. The van der Waals surface area contributed by atoms with Crippen LogP contribution in [0.4, 0.5) is 0 Å². The second-order valence-electron chi connectivity index (χ2n) is 5.90. The van der Waals surface area contributed by atoms with Gasteiger partial charge in [0.2, 0.25) is 0 Å². The number of hydrogen-bond donors (Lipinski definition) is 2. The average Bonchev–Trinajstić information content (AvgIpc) is 3.32. The van der Waals surface area contributed by atoms with Gasteiger partial charge in [0.05, 0.1) is 6.20 Å². The maximum Gasteiger partial charge on any atom is 0.341 e. The summed E-state index contributed by atoms with van der Waals surface area (Å²) >= 11 is 1.38. The number of rotatable bonds is 8. The third-order valence-electron chi connectivity index (χ3n) is 3.94. The Morgan fingerprint density at radius 3 is 2.85 bits per heavy atom. The average molecular weight is 376 g/mol. The lowest BCUT2D eigenvalue weighted by atomic mass is 10.1. The number of aromatic nitrogens is 1. The zero-order valence-electron chi connectivity index (χ0n) is 14.1. The van der Waals surface area contributed by atoms with E-state index < -0.39 is 5.97 Å². The van der Waals surface area contributed by atoms with Gasteiger partial charge in [0.1, 0.15) is 21.7 Å². The summed E-state index contributed by atoms with van der Waals surface area (Å²) in [6.07, 6.45) is 4.30. The monoisotopic (exact) mass is 376 g/mol. The van der Waals surface area contributed by atoms with Gasteiger partial charge in [-0.2, -0.15) is 0 Å². The number of carboxylic acids is 1. The summed E-state index contributed by atoms with van der Waals surface area (Å²) in [5.41, 5.74) is 1.03. The lowest BCUT2D eigenvalue weighted by Gasteiger charge is -2.06. The fraction of sp³-hybridized carbons (Fsp3) is 0.389. The number of thiazole rings is 1. The van der Waals surface area contributed by atoms with E-state index in [-0.39, 0.29) is 18.6 Å². The predicted molar refractivity (Wildman–Crippen MR) is 95.7 cm³/mol. The maximum absolute atomic E-state index is 12.2. The highest BCUT2D eigenvalue weighted by atomic mass is 32.1. The number of hydrogen-bond acceptors (Lipinski definition) is 6. The second-order valence-corrected chi connectivity index (χ2v) is 6.96. The summed E-state index contributed by atoms with van der Waals surface area (Å²) in [6.45, 7) is 0.894. The van der Waals surface area contributed by atoms with E-state index in [0.29, 0.717) is 23.6 Å². The van der Waals surface area contributed by atoms with E-state index in [4.69, 9.17) is 14.6 Å². The van der Waals surface area contributed by atoms with Gasteiger partial charge >= 0.3 is 5.97 Å². The summed E-state index contributed by atoms with van der Waals surface area (Å²) < 4.78 is 10.7. The van der Waals surface area contributed by atoms with Crippen LogP contribution in [0.5, 0.6) is 5.75 Å². The van der Waals surface area contributed by atoms with Crippen molar-refractivity contribution >= 4 is 23.2 Å². The van der Waals surface area contributed by atoms with E-state index in [1.165, 1.54) is 11.3 Å². The van der Waals surface area contributed by atoms with E-state index in [0.717, 1.165) is 30.0 Å². The molecule has 1 fully saturated rings. The first kappa shape index (κ1) is 18.3. The van der Waals surface area contributed by atoms with E-state index in [1.54, 1.807) is 18.3 Å². The molecule has 1 aliphatic heterocycles. The highest BCUT2D eigenvalue weighted by molar-refractivity contribution is 7.13. The van der Waals surface area contributed by atoms with Gasteiger partial charge in [-0.3, -0.25) is 4.79 Å². The van der Waals surface area contributed by atoms with Crippen molar-refractivity contribution in [2.45, 2.75) is 25.4 Å². The summed E-state index contributed by atoms with van der Waals surface area (Å²) in [5.74, 6) is -0.637. The van der Waals surface area contributed by atoms with Gasteiger partial charge in [-0.15, -0.1) is 11.3 Å². The number of nitrogens with one attached hydrogen (secondary N) is 1. The molecule has 0 radical (unpaired) electrons. The Bertz CT molecular complexity index is 753. The van der Waals surface area contributed by atoms with Crippen molar-refractivity contribution in [1.29, 1.82) is 0 Å². The number of benzene rings is 1. The van der Waals surface area contributed by atoms with Crippen LogP contribution in [0.2, 0.25) is 0 Å². The van der Waals surface area contributed by atoms with E-state index in [9.17, 15) is 9.59 Å². The molecule has 2 aromatic rings. The first-order chi connectivity index (χ1) is 12.6. The Hall–Kier alpha value is -2.45. The summed E-state index contributed by atoms with van der Waals surface area (Å²) in [4.78, 5) is 27.6. The minimum absolute atomic E-state index is 0.0309. The van der Waals surface area contributed by atoms with Gasteiger partial charge < -0.3 is 19.9 Å². The normalized spacial score (nSPS) is 16.4. The van der Waals surface area contributed by atoms with Crippen LogP contribution in [-0.2, 0) is 16.0 Å². The molecule has 8 heteroatoms. The van der Waals surface area contributed by atoms with Crippen LogP contribution in [0.3, 0.4) is 0 Å². The van der Waals surface area contributed by atoms with E-state index in [2.05, 4.69) is 10.3 Å². The first-order valence-electron chi connectivity index (χ1n) is 8.41. The molecule has 1 aliphatic rings. The number of nitrogens with zero attached hydrogens (tertiary/aromatic N) is 1. The van der Waals surface area contributed by atoms with Gasteiger partial charge in [-0.25, -0.2) is 9.78 Å². The third-order valence-corrected chi connectivity index (χ3v) is 5.03. The smallest absolute Gasteiger partial charge is 0.341 e. The minimum Gasteiger partial charge on any atom is -0.482 e. The molecule has 1 aromatic carbocycles. The van der Waals surface area contributed by atoms with Crippen LogP contribution in [0.25, 0.3) is 0 Å². The van der Waals surface area contributed by atoms with Crippen LogP contribution in [0.15, 0.2) is 30.5 Å². The zero-order chi connectivity index (χ0) is 18.4. The van der Waals surface area contributed by atoms with E-state index >= 15 is 0 Å². The molecule has 2 heterocycles. The topological polar surface area (TPSA) is 97.8 Å². The molecule has 0 spiro atoms. The number of ether oxygens (including phenoxy) is 2. The van der Waals surface area contributed by atoms with Crippen molar-refractivity contribution in [3.05, 3.63) is 45.9 Å². The fourth-order valence-electron chi connectivity index (χ4n) is 2.62. The molecule has 1 amide bonds. The number of carbonyl (C=O) groups excluding carboxylic acids is 1. The molecule has 2 N–H and O–H groups in total. The Morgan fingerprint density at radius 1 is 1.35 bits per heavy atom. The predicted octanol–water partition coefficient (Wildman–Crippen LogP) is 2.43. The molecule has 138 valence electrons. The molecule has 1 unspecified atom stereocenters. The van der Waals surface area contributed by atoms with Crippen LogP contribution < -0.4 is 10.1 Å². The molecule has 1 atom stereocenters. The van der Waals surface area contributed by atoms with Crippen molar-refractivity contribution in [3.63, 3.8) is 0 Å². The zero-order valence-corrected chi connectivity index (χ0v) is 15.0. The highest BCUT2D eigenvalue weighted by Crippen LogP contribution is 2.31. The lowest BCUT2D eigenvalue weighted by molar-refractivity contribution is -0.139. The molecule has 0 saturated carbocycles.